The summed E-state index contributed by atoms with van der Waals surface area (Å²) in [7, 11) is 0. The molecule has 0 aliphatic heterocycles. The minimum Gasteiger partial charge on any atom is -0.462 e. The molecule has 2 aromatic rings. The van der Waals surface area contributed by atoms with Crippen molar-refractivity contribution in [3.63, 3.8) is 0 Å². The number of aryl methyl sites for hydroxylation is 1. The van der Waals surface area contributed by atoms with E-state index in [4.69, 9.17) is 4.74 Å². The highest BCUT2D eigenvalue weighted by molar-refractivity contribution is 7.99. The molecule has 0 spiro atoms. The number of thioether (sulfide) groups is 1. The Kier molecular flexibility index (Phi) is 7.98. The van der Waals surface area contributed by atoms with Crippen LogP contribution >= 0.6 is 23.1 Å². The zero-order valence-corrected chi connectivity index (χ0v) is 17.9. The Morgan fingerprint density at radius 3 is 2.61 bits per heavy atom. The summed E-state index contributed by atoms with van der Waals surface area (Å²) >= 11 is 3.22. The first kappa shape index (κ1) is 20.9. The Bertz CT molecular complexity index is 802. The molecule has 1 amide bonds. The van der Waals surface area contributed by atoms with Crippen molar-refractivity contribution in [2.45, 2.75) is 56.8 Å². The maximum absolute atomic E-state index is 12.6. The molecule has 150 valence electrons. The van der Waals surface area contributed by atoms with E-state index in [1.807, 2.05) is 37.3 Å². The third kappa shape index (κ3) is 5.61. The number of rotatable bonds is 7. The molecule has 1 N–H and O–H groups in total. The third-order valence-electron chi connectivity index (χ3n) is 4.74. The van der Waals surface area contributed by atoms with E-state index in [9.17, 15) is 9.59 Å². The molecular weight excluding hydrogens is 390 g/mol. The number of nitrogens with one attached hydrogen (secondary N) is 1. The number of hydrogen-bond acceptors (Lipinski definition) is 5. The summed E-state index contributed by atoms with van der Waals surface area (Å²) in [6, 6.07) is 10.1. The van der Waals surface area contributed by atoms with Gasteiger partial charge >= 0.3 is 5.97 Å². The number of thiophene rings is 1. The Labute approximate surface area is 175 Å². The topological polar surface area (TPSA) is 55.4 Å². The summed E-state index contributed by atoms with van der Waals surface area (Å²) in [6.45, 7) is 2.15. The van der Waals surface area contributed by atoms with E-state index in [-0.39, 0.29) is 11.9 Å². The second-order valence-corrected chi connectivity index (χ2v) is 9.08. The van der Waals surface area contributed by atoms with Crippen LogP contribution in [-0.2, 0) is 22.4 Å². The fourth-order valence-electron chi connectivity index (χ4n) is 3.39. The van der Waals surface area contributed by atoms with E-state index in [0.29, 0.717) is 29.3 Å². The summed E-state index contributed by atoms with van der Waals surface area (Å²) in [4.78, 5) is 27.5. The molecule has 0 atom stereocenters. The Morgan fingerprint density at radius 1 is 1.11 bits per heavy atom. The molecule has 0 bridgehead atoms. The SMILES string of the molecule is CCOC(=O)c1c(NC(=O)CCSc2ccccc2)sc2c1CCCCCC2. The lowest BCUT2D eigenvalue weighted by atomic mass is 9.96. The van der Waals surface area contributed by atoms with E-state index in [1.54, 1.807) is 23.1 Å². The predicted molar refractivity (Wildman–Crippen MR) is 117 cm³/mol. The Balaban J connectivity index is 1.69. The van der Waals surface area contributed by atoms with Crippen LogP contribution in [0.4, 0.5) is 5.00 Å². The van der Waals surface area contributed by atoms with Crippen molar-refractivity contribution in [3.8, 4) is 0 Å². The molecule has 4 nitrogen and oxygen atoms in total. The first-order valence-corrected chi connectivity index (χ1v) is 11.8. The van der Waals surface area contributed by atoms with Crippen molar-refractivity contribution in [2.24, 2.45) is 0 Å². The monoisotopic (exact) mass is 417 g/mol. The number of amides is 1. The number of anilines is 1. The highest BCUT2D eigenvalue weighted by Crippen LogP contribution is 2.37. The number of carbonyl (C=O) groups excluding carboxylic acids is 2. The first-order chi connectivity index (χ1) is 13.7. The molecule has 1 aromatic heterocycles. The van der Waals surface area contributed by atoms with Gasteiger partial charge in [0.05, 0.1) is 12.2 Å². The first-order valence-electron chi connectivity index (χ1n) is 9.98. The van der Waals surface area contributed by atoms with E-state index in [2.05, 4.69) is 5.32 Å². The standard InChI is InChI=1S/C22H27NO3S2/c1-2-26-22(25)20-17-12-8-3-4-9-13-18(17)28-21(20)23-19(24)14-15-27-16-10-6-5-7-11-16/h5-7,10-11H,2-4,8-9,12-15H2,1H3,(H,23,24). The van der Waals surface area contributed by atoms with Crippen molar-refractivity contribution in [3.05, 3.63) is 46.3 Å². The molecule has 3 rings (SSSR count). The quantitative estimate of drug-likeness (QED) is 0.463. The van der Waals surface area contributed by atoms with Gasteiger partial charge in [0.25, 0.3) is 0 Å². The van der Waals surface area contributed by atoms with Gasteiger partial charge < -0.3 is 10.1 Å². The average molecular weight is 418 g/mol. The smallest absolute Gasteiger partial charge is 0.341 e. The molecule has 0 radical (unpaired) electrons. The van der Waals surface area contributed by atoms with Gasteiger partial charge in [-0.05, 0) is 50.3 Å². The largest absolute Gasteiger partial charge is 0.462 e. The summed E-state index contributed by atoms with van der Waals surface area (Å²) in [5, 5.41) is 3.67. The minimum atomic E-state index is -0.311. The molecule has 1 aliphatic carbocycles. The van der Waals surface area contributed by atoms with E-state index >= 15 is 0 Å². The normalized spacial score (nSPS) is 13.9. The Morgan fingerprint density at radius 2 is 1.86 bits per heavy atom. The van der Waals surface area contributed by atoms with Crippen LogP contribution in [-0.4, -0.2) is 24.2 Å². The minimum absolute atomic E-state index is 0.0526. The maximum Gasteiger partial charge on any atom is 0.341 e. The molecule has 0 saturated carbocycles. The van der Waals surface area contributed by atoms with Crippen LogP contribution in [0.2, 0.25) is 0 Å². The van der Waals surface area contributed by atoms with E-state index < -0.39 is 0 Å². The van der Waals surface area contributed by atoms with Gasteiger partial charge in [-0.25, -0.2) is 4.79 Å². The van der Waals surface area contributed by atoms with E-state index in [1.165, 1.54) is 17.7 Å². The van der Waals surface area contributed by atoms with Crippen LogP contribution in [0.15, 0.2) is 35.2 Å². The number of esters is 1. The highest BCUT2D eigenvalue weighted by atomic mass is 32.2. The fourth-order valence-corrected chi connectivity index (χ4v) is 5.56. The fraction of sp³-hybridized carbons (Fsp3) is 0.455. The number of benzene rings is 1. The second kappa shape index (κ2) is 10.7. The molecule has 0 fully saturated rings. The number of fused-ring (bicyclic) bond motifs is 1. The van der Waals surface area contributed by atoms with Crippen LogP contribution < -0.4 is 5.32 Å². The number of hydrogen-bond donors (Lipinski definition) is 1. The van der Waals surface area contributed by atoms with Crippen molar-refractivity contribution in [2.75, 3.05) is 17.7 Å². The molecule has 1 aliphatic rings. The molecule has 0 unspecified atom stereocenters. The number of ether oxygens (including phenoxy) is 1. The second-order valence-electron chi connectivity index (χ2n) is 6.80. The molecule has 28 heavy (non-hydrogen) atoms. The van der Waals surface area contributed by atoms with Gasteiger partial charge in [0, 0.05) is 21.9 Å². The van der Waals surface area contributed by atoms with Crippen LogP contribution in [0.1, 0.15) is 59.8 Å². The summed E-state index contributed by atoms with van der Waals surface area (Å²) < 4.78 is 5.30. The third-order valence-corrected chi connectivity index (χ3v) is 6.97. The van der Waals surface area contributed by atoms with Crippen LogP contribution in [0, 0.1) is 0 Å². The van der Waals surface area contributed by atoms with E-state index in [0.717, 1.165) is 36.1 Å². The van der Waals surface area contributed by atoms with Gasteiger partial charge in [-0.2, -0.15) is 0 Å². The van der Waals surface area contributed by atoms with Gasteiger partial charge in [-0.1, -0.05) is 31.0 Å². The lowest BCUT2D eigenvalue weighted by molar-refractivity contribution is -0.115. The van der Waals surface area contributed by atoms with Gasteiger partial charge in [-0.15, -0.1) is 23.1 Å². The molecule has 6 heteroatoms. The summed E-state index contributed by atoms with van der Waals surface area (Å²) in [6.07, 6.45) is 6.91. The zero-order chi connectivity index (χ0) is 19.8. The summed E-state index contributed by atoms with van der Waals surface area (Å²) in [5.41, 5.74) is 1.69. The molecule has 1 aromatic carbocycles. The van der Waals surface area contributed by atoms with Gasteiger partial charge in [0.15, 0.2) is 0 Å². The lowest BCUT2D eigenvalue weighted by Gasteiger charge is -2.11. The number of carbonyl (C=O) groups is 2. The van der Waals surface area contributed by atoms with Gasteiger partial charge in [-0.3, -0.25) is 4.79 Å². The van der Waals surface area contributed by atoms with Crippen molar-refractivity contribution in [1.29, 1.82) is 0 Å². The molecule has 1 heterocycles. The highest BCUT2D eigenvalue weighted by Gasteiger charge is 2.26. The Hall–Kier alpha value is -1.79. The summed E-state index contributed by atoms with van der Waals surface area (Å²) in [5.74, 6) is 0.341. The average Bonchev–Trinajstić information content (AvgIpc) is 2.99. The van der Waals surface area contributed by atoms with Crippen LogP contribution in [0.5, 0.6) is 0 Å². The maximum atomic E-state index is 12.6. The molecular formula is C22H27NO3S2. The predicted octanol–water partition coefficient (Wildman–Crippen LogP) is 5.70. The molecule has 0 saturated heterocycles. The van der Waals surface area contributed by atoms with Gasteiger partial charge in [0.2, 0.25) is 5.91 Å². The van der Waals surface area contributed by atoms with Gasteiger partial charge in [0.1, 0.15) is 5.00 Å². The van der Waals surface area contributed by atoms with Crippen molar-refractivity contribution < 1.29 is 14.3 Å². The van der Waals surface area contributed by atoms with Crippen LogP contribution in [0.25, 0.3) is 0 Å². The van der Waals surface area contributed by atoms with Crippen LogP contribution in [0.3, 0.4) is 0 Å². The lowest BCUT2D eigenvalue weighted by Crippen LogP contribution is -2.15. The van der Waals surface area contributed by atoms with Crippen molar-refractivity contribution >= 4 is 40.0 Å². The zero-order valence-electron chi connectivity index (χ0n) is 16.3. The van der Waals surface area contributed by atoms with Crippen molar-refractivity contribution in [1.82, 2.24) is 0 Å².